The largest absolute Gasteiger partial charge is 0.0622 e. The molecule has 0 unspecified atom stereocenters. The van der Waals surface area contributed by atoms with Gasteiger partial charge in [0.15, 0.2) is 0 Å². The van der Waals surface area contributed by atoms with Gasteiger partial charge >= 0.3 is 0 Å². The third-order valence-electron chi connectivity index (χ3n) is 16.2. The van der Waals surface area contributed by atoms with Crippen LogP contribution in [0.1, 0.15) is 11.1 Å². The van der Waals surface area contributed by atoms with Crippen LogP contribution in [0.25, 0.3) is 143 Å². The summed E-state index contributed by atoms with van der Waals surface area (Å²) in [6.07, 6.45) is 0. The molecular formula is C80H56. The van der Waals surface area contributed by atoms with Gasteiger partial charge in [-0.05, 0) is 169 Å². The van der Waals surface area contributed by atoms with Crippen molar-refractivity contribution < 1.29 is 0 Å². The first-order chi connectivity index (χ1) is 39.5. The molecule has 0 aliphatic rings. The number of rotatable bonds is 7. The summed E-state index contributed by atoms with van der Waals surface area (Å²) in [5, 5.41) is 15.3. The molecule has 80 heavy (non-hydrogen) atoms. The zero-order valence-corrected chi connectivity index (χ0v) is 44.9. The molecule has 0 heterocycles. The lowest BCUT2D eigenvalue weighted by molar-refractivity contribution is 1.51. The maximum atomic E-state index is 2.37. The van der Waals surface area contributed by atoms with Crippen LogP contribution in [0.15, 0.2) is 303 Å². The fourth-order valence-corrected chi connectivity index (χ4v) is 12.5. The van der Waals surface area contributed by atoms with Gasteiger partial charge in [0, 0.05) is 0 Å². The minimum Gasteiger partial charge on any atom is -0.0622 e. The topological polar surface area (TPSA) is 0 Å². The van der Waals surface area contributed by atoms with E-state index >= 15 is 0 Å². The Bertz CT molecular complexity index is 4810. The van der Waals surface area contributed by atoms with Gasteiger partial charge in [0.25, 0.3) is 0 Å². The van der Waals surface area contributed by atoms with Crippen LogP contribution in [-0.2, 0) is 0 Å². The van der Waals surface area contributed by atoms with Crippen LogP contribution in [0.2, 0.25) is 0 Å². The molecule has 0 nitrogen and oxygen atoms in total. The first-order valence-corrected chi connectivity index (χ1v) is 27.8. The molecule has 15 aromatic rings. The Labute approximate surface area is 468 Å². The molecule has 0 bridgehead atoms. The van der Waals surface area contributed by atoms with Crippen LogP contribution in [0.3, 0.4) is 0 Å². The van der Waals surface area contributed by atoms with Crippen molar-refractivity contribution in [3.05, 3.63) is 314 Å². The van der Waals surface area contributed by atoms with Crippen molar-refractivity contribution in [1.29, 1.82) is 0 Å². The molecule has 15 aromatic carbocycles. The molecule has 0 atom stereocenters. The summed E-state index contributed by atoms with van der Waals surface area (Å²) in [5.41, 5.74) is 20.2. The lowest BCUT2D eigenvalue weighted by Gasteiger charge is -2.20. The number of hydrogen-bond acceptors (Lipinski definition) is 0. The molecule has 0 saturated carbocycles. The van der Waals surface area contributed by atoms with Gasteiger partial charge in [-0.1, -0.05) is 302 Å². The first kappa shape index (κ1) is 48.2. The molecule has 0 amide bonds. The summed E-state index contributed by atoms with van der Waals surface area (Å²) < 4.78 is 0. The molecule has 0 aliphatic heterocycles. The summed E-state index contributed by atoms with van der Waals surface area (Å²) in [6.45, 7) is 4.39. The van der Waals surface area contributed by atoms with Gasteiger partial charge in [-0.3, -0.25) is 0 Å². The van der Waals surface area contributed by atoms with Crippen molar-refractivity contribution in [2.45, 2.75) is 13.8 Å². The van der Waals surface area contributed by atoms with E-state index in [1.807, 2.05) is 0 Å². The smallest absolute Gasteiger partial charge is 0.00200 e. The van der Waals surface area contributed by atoms with E-state index in [1.165, 1.54) is 154 Å². The van der Waals surface area contributed by atoms with E-state index in [0.717, 1.165) is 0 Å². The van der Waals surface area contributed by atoms with E-state index in [0.29, 0.717) is 0 Å². The van der Waals surface area contributed by atoms with Gasteiger partial charge in [-0.15, -0.1) is 0 Å². The molecule has 0 spiro atoms. The van der Waals surface area contributed by atoms with E-state index in [4.69, 9.17) is 0 Å². The fraction of sp³-hybridized carbons (Fsp3) is 0.0250. The molecule has 0 N–H and O–H groups in total. The van der Waals surface area contributed by atoms with Crippen molar-refractivity contribution in [1.82, 2.24) is 0 Å². The first-order valence-electron chi connectivity index (χ1n) is 27.8. The van der Waals surface area contributed by atoms with Crippen molar-refractivity contribution in [3.63, 3.8) is 0 Å². The van der Waals surface area contributed by atoms with Crippen molar-refractivity contribution in [2.75, 3.05) is 0 Å². The number of aryl methyl sites for hydroxylation is 2. The number of hydrogen-bond donors (Lipinski definition) is 0. The maximum Gasteiger partial charge on any atom is -0.00200 e. The number of fused-ring (bicyclic) bond motifs is 6. The second kappa shape index (κ2) is 20.7. The molecule has 376 valence electrons. The Balaban J connectivity index is 0.000000146. The van der Waals surface area contributed by atoms with Gasteiger partial charge < -0.3 is 0 Å². The molecule has 0 heteroatoms. The Morgan fingerprint density at radius 1 is 0.163 bits per heavy atom. The lowest BCUT2D eigenvalue weighted by atomic mass is 9.83. The van der Waals surface area contributed by atoms with Gasteiger partial charge in [-0.2, -0.15) is 0 Å². The van der Waals surface area contributed by atoms with Crippen LogP contribution in [0.5, 0.6) is 0 Å². The Hall–Kier alpha value is -10.1. The minimum atomic E-state index is 1.22. The molecule has 0 aliphatic carbocycles. The summed E-state index contributed by atoms with van der Waals surface area (Å²) >= 11 is 0. The predicted octanol–water partition coefficient (Wildman–Crippen LogP) is 22.6. The SMILES string of the molecule is Cc1ccc2c(-c3ccc4ccccc4c3)c3ccccc3c(-c3ccccc3-c3ccccc3)c2c1.Cc1ccc2c(-c3ccccc3-c3ccc(-c4ccccc4)cc3)c3ccccc3c(-c3ccc4ccccc4c3)c2c1. The third kappa shape index (κ3) is 8.78. The summed E-state index contributed by atoms with van der Waals surface area (Å²) in [5.74, 6) is 0. The van der Waals surface area contributed by atoms with E-state index < -0.39 is 0 Å². The molecule has 0 aromatic heterocycles. The van der Waals surface area contributed by atoms with Crippen LogP contribution in [0.4, 0.5) is 0 Å². The van der Waals surface area contributed by atoms with Crippen molar-refractivity contribution in [2.24, 2.45) is 0 Å². The minimum absolute atomic E-state index is 1.22. The van der Waals surface area contributed by atoms with E-state index in [9.17, 15) is 0 Å². The second-order valence-electron chi connectivity index (χ2n) is 21.2. The van der Waals surface area contributed by atoms with Crippen LogP contribution in [0, 0.1) is 13.8 Å². The second-order valence-corrected chi connectivity index (χ2v) is 21.2. The molecule has 15 rings (SSSR count). The van der Waals surface area contributed by atoms with E-state index in [2.05, 4.69) is 317 Å². The highest BCUT2D eigenvalue weighted by Gasteiger charge is 2.21. The Morgan fingerprint density at radius 2 is 0.463 bits per heavy atom. The standard InChI is InChI=1S/C43H30.C37H26/c1-29-19-26-40-41(27-29)42(35-25-22-31-13-5-6-14-34(31)28-35)38-17-9-10-18-39(38)43(40)37-16-8-7-15-36(37)33-23-20-32(21-24-33)30-11-3-2-4-12-30;1-25-19-22-34-35(23-25)37(31-16-8-7-15-30(31)27-12-3-2-4-13-27)33-18-10-9-17-32(33)36(34)29-21-20-26-11-5-6-14-28(26)24-29/h2-28H,1H3;2-24H,1H3. The van der Waals surface area contributed by atoms with E-state index in [-0.39, 0.29) is 0 Å². The average Bonchev–Trinajstić information content (AvgIpc) is 3.70. The van der Waals surface area contributed by atoms with Gasteiger partial charge in [0.05, 0.1) is 0 Å². The van der Waals surface area contributed by atoms with Gasteiger partial charge in [0.1, 0.15) is 0 Å². The quantitative estimate of drug-likeness (QED) is 0.140. The highest BCUT2D eigenvalue weighted by molar-refractivity contribution is 6.24. The molecular weight excluding hydrogens is 961 g/mol. The van der Waals surface area contributed by atoms with E-state index in [1.54, 1.807) is 0 Å². The summed E-state index contributed by atoms with van der Waals surface area (Å²) in [4.78, 5) is 0. The van der Waals surface area contributed by atoms with Gasteiger partial charge in [0.2, 0.25) is 0 Å². The maximum absolute atomic E-state index is 2.37. The van der Waals surface area contributed by atoms with Crippen LogP contribution in [-0.4, -0.2) is 0 Å². The highest BCUT2D eigenvalue weighted by atomic mass is 14.2. The highest BCUT2D eigenvalue weighted by Crippen LogP contribution is 2.49. The van der Waals surface area contributed by atoms with Crippen LogP contribution >= 0.6 is 0 Å². The van der Waals surface area contributed by atoms with Crippen molar-refractivity contribution >= 4 is 64.6 Å². The molecule has 0 saturated heterocycles. The van der Waals surface area contributed by atoms with Crippen molar-refractivity contribution in [3.8, 4) is 77.9 Å². The molecule has 0 radical (unpaired) electrons. The zero-order chi connectivity index (χ0) is 53.5. The van der Waals surface area contributed by atoms with Gasteiger partial charge in [-0.25, -0.2) is 0 Å². The Kier molecular flexibility index (Phi) is 12.5. The Morgan fingerprint density at radius 3 is 0.963 bits per heavy atom. The monoisotopic (exact) mass is 1020 g/mol. The predicted molar refractivity (Wildman–Crippen MR) is 345 cm³/mol. The summed E-state index contributed by atoms with van der Waals surface area (Å²) in [7, 11) is 0. The van der Waals surface area contributed by atoms with Crippen LogP contribution < -0.4 is 0 Å². The fourth-order valence-electron chi connectivity index (χ4n) is 12.5. The third-order valence-corrected chi connectivity index (χ3v) is 16.2. The number of benzene rings is 15. The summed E-state index contributed by atoms with van der Waals surface area (Å²) in [6, 6.07) is 111. The average molecular weight is 1020 g/mol. The molecule has 0 fully saturated rings. The zero-order valence-electron chi connectivity index (χ0n) is 44.9. The normalized spacial score (nSPS) is 11.4. The lowest BCUT2D eigenvalue weighted by Crippen LogP contribution is -1.93.